The summed E-state index contributed by atoms with van der Waals surface area (Å²) in [4.78, 5) is 4.18. The molecule has 1 aromatic heterocycles. The molecule has 0 amide bonds. The Morgan fingerprint density at radius 1 is 1.24 bits per heavy atom. The number of guanidine groups is 1. The van der Waals surface area contributed by atoms with E-state index in [1.54, 1.807) is 38.7 Å². The SMILES string of the molecule is CN=C(NCCN(C)S(=O)(=O)c1cccs1)Nc1cccc(OCCCOC)c1. The molecular weight excluding hydrogens is 412 g/mol. The van der Waals surface area contributed by atoms with Crippen LogP contribution in [0.4, 0.5) is 5.69 Å². The fourth-order valence-electron chi connectivity index (χ4n) is 2.39. The van der Waals surface area contributed by atoms with E-state index >= 15 is 0 Å². The molecular formula is C19H28N4O4S2. The maximum Gasteiger partial charge on any atom is 0.252 e. The smallest absolute Gasteiger partial charge is 0.252 e. The number of thiophene rings is 1. The minimum absolute atomic E-state index is 0.309. The van der Waals surface area contributed by atoms with Gasteiger partial charge in [0, 0.05) is 59.1 Å². The van der Waals surface area contributed by atoms with Crippen molar-refractivity contribution in [2.24, 2.45) is 4.99 Å². The van der Waals surface area contributed by atoms with Crippen LogP contribution in [0.5, 0.6) is 5.75 Å². The van der Waals surface area contributed by atoms with Gasteiger partial charge in [0.25, 0.3) is 10.0 Å². The molecule has 2 N–H and O–H groups in total. The van der Waals surface area contributed by atoms with Gasteiger partial charge in [-0.15, -0.1) is 11.3 Å². The van der Waals surface area contributed by atoms with Crippen molar-refractivity contribution in [2.75, 3.05) is 52.8 Å². The molecule has 8 nitrogen and oxygen atoms in total. The second-order valence-corrected chi connectivity index (χ2v) is 9.32. The van der Waals surface area contributed by atoms with Gasteiger partial charge in [-0.3, -0.25) is 4.99 Å². The lowest BCUT2D eigenvalue weighted by atomic mass is 10.3. The second-order valence-electron chi connectivity index (χ2n) is 6.11. The largest absolute Gasteiger partial charge is 0.493 e. The standard InChI is InChI=1S/C19H28N4O4S2/c1-20-19(21-10-11-23(2)29(24,25)18-9-5-14-28-18)22-16-7-4-8-17(15-16)27-13-6-12-26-3/h4-5,7-9,14-15H,6,10-13H2,1-3H3,(H2,20,21,22). The average molecular weight is 441 g/mol. The van der Waals surface area contributed by atoms with E-state index in [4.69, 9.17) is 9.47 Å². The van der Waals surface area contributed by atoms with E-state index < -0.39 is 10.0 Å². The molecule has 0 aliphatic heterocycles. The number of methoxy groups -OCH3 is 1. The summed E-state index contributed by atoms with van der Waals surface area (Å²) < 4.78 is 37.2. The van der Waals surface area contributed by atoms with Gasteiger partial charge in [0.1, 0.15) is 9.96 Å². The van der Waals surface area contributed by atoms with Crippen molar-refractivity contribution < 1.29 is 17.9 Å². The first kappa shape index (κ1) is 23.1. The van der Waals surface area contributed by atoms with Gasteiger partial charge in [-0.05, 0) is 23.6 Å². The third-order valence-electron chi connectivity index (χ3n) is 3.96. The summed E-state index contributed by atoms with van der Waals surface area (Å²) >= 11 is 1.21. The summed E-state index contributed by atoms with van der Waals surface area (Å²) in [5.41, 5.74) is 0.821. The van der Waals surface area contributed by atoms with Gasteiger partial charge in [0.05, 0.1) is 6.61 Å². The lowest BCUT2D eigenvalue weighted by Gasteiger charge is -2.18. The molecule has 29 heavy (non-hydrogen) atoms. The lowest BCUT2D eigenvalue weighted by molar-refractivity contribution is 0.172. The van der Waals surface area contributed by atoms with Crippen molar-refractivity contribution >= 4 is 33.0 Å². The van der Waals surface area contributed by atoms with Crippen molar-refractivity contribution in [2.45, 2.75) is 10.6 Å². The van der Waals surface area contributed by atoms with Gasteiger partial charge >= 0.3 is 0 Å². The molecule has 0 aliphatic rings. The summed E-state index contributed by atoms with van der Waals surface area (Å²) in [6.07, 6.45) is 0.819. The molecule has 0 unspecified atom stereocenters. The summed E-state index contributed by atoms with van der Waals surface area (Å²) in [7, 11) is 1.44. The molecule has 2 aromatic rings. The Morgan fingerprint density at radius 2 is 2.07 bits per heavy atom. The Hall–Kier alpha value is -2.14. The van der Waals surface area contributed by atoms with Crippen LogP contribution in [0.25, 0.3) is 0 Å². The van der Waals surface area contributed by atoms with Crippen LogP contribution in [0.1, 0.15) is 6.42 Å². The van der Waals surface area contributed by atoms with Gasteiger partial charge in [0.15, 0.2) is 5.96 Å². The van der Waals surface area contributed by atoms with Crippen molar-refractivity contribution in [3.05, 3.63) is 41.8 Å². The number of likely N-dealkylation sites (N-methyl/N-ethyl adjacent to an activating group) is 1. The molecule has 0 radical (unpaired) electrons. The molecule has 2 rings (SSSR count). The van der Waals surface area contributed by atoms with E-state index in [1.807, 2.05) is 24.3 Å². The molecule has 0 aliphatic carbocycles. The van der Waals surface area contributed by atoms with E-state index in [9.17, 15) is 8.42 Å². The first-order valence-corrected chi connectivity index (χ1v) is 11.5. The topological polar surface area (TPSA) is 92.3 Å². The summed E-state index contributed by atoms with van der Waals surface area (Å²) in [6.45, 7) is 1.96. The Balaban J connectivity index is 1.83. The summed E-state index contributed by atoms with van der Waals surface area (Å²) in [6, 6.07) is 10.9. The summed E-state index contributed by atoms with van der Waals surface area (Å²) in [5.74, 6) is 1.30. The quantitative estimate of drug-likeness (QED) is 0.317. The van der Waals surface area contributed by atoms with Crippen LogP contribution in [0.3, 0.4) is 0 Å². The molecule has 0 bridgehead atoms. The van der Waals surface area contributed by atoms with Crippen LogP contribution in [-0.2, 0) is 14.8 Å². The molecule has 0 atom stereocenters. The van der Waals surface area contributed by atoms with Crippen LogP contribution in [-0.4, -0.2) is 66.2 Å². The zero-order valence-corrected chi connectivity index (χ0v) is 18.6. The van der Waals surface area contributed by atoms with Gasteiger partial charge in [-0.25, -0.2) is 8.42 Å². The number of aliphatic imine (C=N–C) groups is 1. The lowest BCUT2D eigenvalue weighted by Crippen LogP contribution is -2.38. The fourth-order valence-corrected chi connectivity index (χ4v) is 4.76. The Morgan fingerprint density at radius 3 is 2.76 bits per heavy atom. The maximum absolute atomic E-state index is 12.4. The van der Waals surface area contributed by atoms with Crippen molar-refractivity contribution in [1.82, 2.24) is 9.62 Å². The highest BCUT2D eigenvalue weighted by Crippen LogP contribution is 2.19. The van der Waals surface area contributed by atoms with Gasteiger partial charge in [-0.1, -0.05) is 12.1 Å². The molecule has 0 fully saturated rings. The number of hydrogen-bond donors (Lipinski definition) is 2. The predicted octanol–water partition coefficient (Wildman–Crippen LogP) is 2.47. The Kier molecular flexibility index (Phi) is 9.39. The number of ether oxygens (including phenoxy) is 2. The minimum Gasteiger partial charge on any atom is -0.493 e. The summed E-state index contributed by atoms with van der Waals surface area (Å²) in [5, 5.41) is 8.05. The average Bonchev–Trinajstić information content (AvgIpc) is 3.26. The third kappa shape index (κ3) is 7.32. The highest BCUT2D eigenvalue weighted by Gasteiger charge is 2.21. The molecule has 1 aromatic carbocycles. The van der Waals surface area contributed by atoms with Crippen molar-refractivity contribution in [3.8, 4) is 5.75 Å². The van der Waals surface area contributed by atoms with Gasteiger partial charge in [-0.2, -0.15) is 4.31 Å². The highest BCUT2D eigenvalue weighted by molar-refractivity contribution is 7.91. The molecule has 0 saturated heterocycles. The molecule has 0 spiro atoms. The van der Waals surface area contributed by atoms with E-state index in [2.05, 4.69) is 15.6 Å². The van der Waals surface area contributed by atoms with E-state index in [1.165, 1.54) is 15.6 Å². The highest BCUT2D eigenvalue weighted by atomic mass is 32.2. The van der Waals surface area contributed by atoms with Crippen LogP contribution in [0.2, 0.25) is 0 Å². The number of benzene rings is 1. The van der Waals surface area contributed by atoms with Crippen LogP contribution < -0.4 is 15.4 Å². The van der Waals surface area contributed by atoms with E-state index in [0.717, 1.165) is 17.9 Å². The zero-order valence-electron chi connectivity index (χ0n) is 16.9. The van der Waals surface area contributed by atoms with E-state index in [-0.39, 0.29) is 0 Å². The van der Waals surface area contributed by atoms with Gasteiger partial charge in [0.2, 0.25) is 0 Å². The minimum atomic E-state index is -3.45. The van der Waals surface area contributed by atoms with Crippen molar-refractivity contribution in [1.29, 1.82) is 0 Å². The normalized spacial score (nSPS) is 12.2. The van der Waals surface area contributed by atoms with E-state index in [0.29, 0.717) is 36.5 Å². The Labute approximate surface area is 176 Å². The number of hydrogen-bond acceptors (Lipinski definition) is 6. The number of nitrogens with zero attached hydrogens (tertiary/aromatic N) is 2. The number of rotatable bonds is 11. The Bertz CT molecular complexity index is 870. The first-order chi connectivity index (χ1) is 14.0. The number of sulfonamides is 1. The molecule has 1 heterocycles. The molecule has 10 heteroatoms. The van der Waals surface area contributed by atoms with Crippen LogP contribution in [0, 0.1) is 0 Å². The zero-order chi connectivity index (χ0) is 21.1. The third-order valence-corrected chi connectivity index (χ3v) is 7.19. The first-order valence-electron chi connectivity index (χ1n) is 9.16. The van der Waals surface area contributed by atoms with Crippen LogP contribution >= 0.6 is 11.3 Å². The molecule has 0 saturated carbocycles. The second kappa shape index (κ2) is 11.8. The fraction of sp³-hybridized carbons (Fsp3) is 0.421. The van der Waals surface area contributed by atoms with Crippen LogP contribution in [0.15, 0.2) is 51.0 Å². The number of anilines is 1. The predicted molar refractivity (Wildman–Crippen MR) is 118 cm³/mol. The molecule has 160 valence electrons. The van der Waals surface area contributed by atoms with Gasteiger partial charge < -0.3 is 20.1 Å². The maximum atomic E-state index is 12.4. The monoisotopic (exact) mass is 440 g/mol. The number of nitrogens with one attached hydrogen (secondary N) is 2. The van der Waals surface area contributed by atoms with Crippen molar-refractivity contribution in [3.63, 3.8) is 0 Å².